The van der Waals surface area contributed by atoms with E-state index in [-0.39, 0.29) is 11.7 Å². The Labute approximate surface area is 125 Å². The molecule has 0 bridgehead atoms. The first-order chi connectivity index (χ1) is 10.2. The van der Waals surface area contributed by atoms with Crippen LogP contribution in [-0.4, -0.2) is 29.2 Å². The van der Waals surface area contributed by atoms with Crippen LogP contribution in [-0.2, 0) is 4.74 Å². The average molecular weight is 289 g/mol. The van der Waals surface area contributed by atoms with E-state index in [2.05, 4.69) is 5.16 Å². The number of rotatable bonds is 4. The van der Waals surface area contributed by atoms with Crippen molar-refractivity contribution in [2.75, 3.05) is 6.61 Å². The lowest BCUT2D eigenvalue weighted by molar-refractivity contribution is -0.0509. The summed E-state index contributed by atoms with van der Waals surface area (Å²) < 4.78 is 12.2. The van der Waals surface area contributed by atoms with Gasteiger partial charge in [-0.25, -0.2) is 0 Å². The number of ether oxygens (including phenoxy) is 2. The maximum absolute atomic E-state index is 8.94. The van der Waals surface area contributed by atoms with Crippen molar-refractivity contribution in [3.63, 3.8) is 0 Å². The van der Waals surface area contributed by atoms with E-state index in [1.54, 1.807) is 6.92 Å². The van der Waals surface area contributed by atoms with Crippen LogP contribution in [0.25, 0.3) is 0 Å². The summed E-state index contributed by atoms with van der Waals surface area (Å²) in [5.74, 6) is 0.753. The van der Waals surface area contributed by atoms with Gasteiger partial charge in [0.15, 0.2) is 0 Å². The standard InChI is InChI=1S/C17H23NO3/c1-13(18-19)15-6-2-3-7-16(15)20-12-14-8-11-17(21-14)9-4-5-10-17/h2-3,6-7,14,19H,4-5,8-12H2,1H3/b18-13-. The Balaban J connectivity index is 1.61. The Morgan fingerprint density at radius 2 is 2.10 bits per heavy atom. The summed E-state index contributed by atoms with van der Waals surface area (Å²) in [5.41, 5.74) is 1.54. The van der Waals surface area contributed by atoms with Crippen molar-refractivity contribution in [2.24, 2.45) is 5.16 Å². The lowest BCUT2D eigenvalue weighted by Gasteiger charge is -2.24. The van der Waals surface area contributed by atoms with Gasteiger partial charge < -0.3 is 14.7 Å². The van der Waals surface area contributed by atoms with E-state index in [1.165, 1.54) is 32.1 Å². The maximum Gasteiger partial charge on any atom is 0.128 e. The zero-order valence-electron chi connectivity index (χ0n) is 12.5. The van der Waals surface area contributed by atoms with Gasteiger partial charge in [-0.15, -0.1) is 0 Å². The van der Waals surface area contributed by atoms with Gasteiger partial charge in [0.25, 0.3) is 0 Å². The normalized spacial score (nSPS) is 24.6. The Hall–Kier alpha value is -1.55. The third kappa shape index (κ3) is 3.05. The molecule has 114 valence electrons. The molecule has 0 aromatic heterocycles. The van der Waals surface area contributed by atoms with Crippen molar-refractivity contribution >= 4 is 5.71 Å². The highest BCUT2D eigenvalue weighted by Gasteiger charge is 2.42. The molecule has 21 heavy (non-hydrogen) atoms. The fraction of sp³-hybridized carbons (Fsp3) is 0.588. The molecule has 1 N–H and O–H groups in total. The van der Waals surface area contributed by atoms with Gasteiger partial charge in [-0.1, -0.05) is 30.1 Å². The highest BCUT2D eigenvalue weighted by molar-refractivity contribution is 6.00. The van der Waals surface area contributed by atoms with E-state index in [1.807, 2.05) is 24.3 Å². The topological polar surface area (TPSA) is 51.1 Å². The van der Waals surface area contributed by atoms with E-state index in [9.17, 15) is 0 Å². The van der Waals surface area contributed by atoms with Crippen LogP contribution >= 0.6 is 0 Å². The number of oxime groups is 1. The van der Waals surface area contributed by atoms with Crippen LogP contribution in [0.3, 0.4) is 0 Å². The van der Waals surface area contributed by atoms with Crippen molar-refractivity contribution in [2.45, 2.75) is 57.2 Å². The second-order valence-electron chi connectivity index (χ2n) is 6.16. The van der Waals surface area contributed by atoms with Gasteiger partial charge in [0.05, 0.1) is 17.4 Å². The first-order valence-corrected chi connectivity index (χ1v) is 7.81. The molecular weight excluding hydrogens is 266 g/mol. The summed E-state index contributed by atoms with van der Waals surface area (Å²) in [6.07, 6.45) is 7.43. The monoisotopic (exact) mass is 289 g/mol. The van der Waals surface area contributed by atoms with Crippen molar-refractivity contribution < 1.29 is 14.7 Å². The molecule has 1 aromatic rings. The molecule has 1 atom stereocenters. The number of hydrogen-bond donors (Lipinski definition) is 1. The zero-order chi connectivity index (χ0) is 14.7. The van der Waals surface area contributed by atoms with Crippen LogP contribution in [0.2, 0.25) is 0 Å². The molecule has 1 aliphatic carbocycles. The Bertz CT molecular complexity index is 521. The molecule has 4 nitrogen and oxygen atoms in total. The summed E-state index contributed by atoms with van der Waals surface area (Å²) in [4.78, 5) is 0. The minimum atomic E-state index is 0.149. The van der Waals surface area contributed by atoms with Crippen molar-refractivity contribution in [3.05, 3.63) is 29.8 Å². The molecule has 4 heteroatoms. The predicted octanol–water partition coefficient (Wildman–Crippen LogP) is 3.76. The van der Waals surface area contributed by atoms with Crippen LogP contribution in [0, 0.1) is 0 Å². The fourth-order valence-corrected chi connectivity index (χ4v) is 3.53. The predicted molar refractivity (Wildman–Crippen MR) is 81.2 cm³/mol. The van der Waals surface area contributed by atoms with E-state index < -0.39 is 0 Å². The van der Waals surface area contributed by atoms with E-state index >= 15 is 0 Å². The Morgan fingerprint density at radius 3 is 2.86 bits per heavy atom. The maximum atomic E-state index is 8.94. The SMILES string of the molecule is C/C(=N/O)c1ccccc1OCC1CCC2(CCCC2)O1. The molecule has 1 aromatic carbocycles. The Kier molecular flexibility index (Phi) is 4.15. The minimum absolute atomic E-state index is 0.149. The quantitative estimate of drug-likeness (QED) is 0.521. The van der Waals surface area contributed by atoms with Crippen LogP contribution in [0.4, 0.5) is 0 Å². The second kappa shape index (κ2) is 6.06. The number of benzene rings is 1. The highest BCUT2D eigenvalue weighted by Crippen LogP contribution is 2.43. The van der Waals surface area contributed by atoms with Gasteiger partial charge in [-0.3, -0.25) is 0 Å². The summed E-state index contributed by atoms with van der Waals surface area (Å²) in [5, 5.41) is 12.2. The fourth-order valence-electron chi connectivity index (χ4n) is 3.53. The molecule has 1 unspecified atom stereocenters. The Morgan fingerprint density at radius 1 is 1.33 bits per heavy atom. The third-order valence-corrected chi connectivity index (χ3v) is 4.70. The van der Waals surface area contributed by atoms with Crippen LogP contribution in [0.1, 0.15) is 51.0 Å². The number of para-hydroxylation sites is 1. The van der Waals surface area contributed by atoms with Gasteiger partial charge in [0.1, 0.15) is 12.4 Å². The second-order valence-corrected chi connectivity index (χ2v) is 6.16. The molecule has 2 fully saturated rings. The van der Waals surface area contributed by atoms with Gasteiger partial charge >= 0.3 is 0 Å². The smallest absolute Gasteiger partial charge is 0.128 e. The van der Waals surface area contributed by atoms with Gasteiger partial charge in [0, 0.05) is 5.56 Å². The lowest BCUT2D eigenvalue weighted by Crippen LogP contribution is -2.27. The third-order valence-electron chi connectivity index (χ3n) is 4.70. The van der Waals surface area contributed by atoms with E-state index in [0.29, 0.717) is 12.3 Å². The molecule has 0 amide bonds. The first-order valence-electron chi connectivity index (χ1n) is 7.81. The molecule has 3 rings (SSSR count). The van der Waals surface area contributed by atoms with E-state index in [4.69, 9.17) is 14.7 Å². The van der Waals surface area contributed by atoms with E-state index in [0.717, 1.165) is 17.7 Å². The van der Waals surface area contributed by atoms with Crippen LogP contribution < -0.4 is 4.74 Å². The van der Waals surface area contributed by atoms with Gasteiger partial charge in [-0.05, 0) is 44.7 Å². The molecule has 1 heterocycles. The molecule has 1 saturated carbocycles. The molecule has 1 saturated heterocycles. The van der Waals surface area contributed by atoms with Crippen molar-refractivity contribution in [1.82, 2.24) is 0 Å². The summed E-state index contributed by atoms with van der Waals surface area (Å²) in [6.45, 7) is 2.33. The van der Waals surface area contributed by atoms with Crippen LogP contribution in [0.15, 0.2) is 29.4 Å². The van der Waals surface area contributed by atoms with Gasteiger partial charge in [-0.2, -0.15) is 0 Å². The van der Waals surface area contributed by atoms with Crippen molar-refractivity contribution in [1.29, 1.82) is 0 Å². The number of nitrogens with zero attached hydrogens (tertiary/aromatic N) is 1. The summed E-state index contributed by atoms with van der Waals surface area (Å²) in [6, 6.07) is 7.65. The van der Waals surface area contributed by atoms with Crippen LogP contribution in [0.5, 0.6) is 5.75 Å². The zero-order valence-corrected chi connectivity index (χ0v) is 12.5. The average Bonchev–Trinajstić information content (AvgIpc) is 3.15. The van der Waals surface area contributed by atoms with Crippen molar-refractivity contribution in [3.8, 4) is 5.75 Å². The molecule has 1 aliphatic heterocycles. The highest BCUT2D eigenvalue weighted by atomic mass is 16.6. The molecular formula is C17H23NO3. The summed E-state index contributed by atoms with van der Waals surface area (Å²) in [7, 11) is 0. The minimum Gasteiger partial charge on any atom is -0.490 e. The lowest BCUT2D eigenvalue weighted by atomic mass is 9.98. The molecule has 2 aliphatic rings. The summed E-state index contributed by atoms with van der Waals surface area (Å²) >= 11 is 0. The first kappa shape index (κ1) is 14.4. The molecule has 1 spiro atoms. The largest absolute Gasteiger partial charge is 0.490 e. The molecule has 0 radical (unpaired) electrons. The van der Waals surface area contributed by atoms with Gasteiger partial charge in [0.2, 0.25) is 0 Å². The number of hydrogen-bond acceptors (Lipinski definition) is 4.